The van der Waals surface area contributed by atoms with Crippen LogP contribution in [0.1, 0.15) is 42.0 Å². The van der Waals surface area contributed by atoms with Crippen LogP contribution in [0.4, 0.5) is 4.79 Å². The number of carbonyl (C=O) groups excluding carboxylic acids is 3. The highest BCUT2D eigenvalue weighted by atomic mass is 16.5. The Balaban J connectivity index is 1.33. The number of para-hydroxylation sites is 1. The zero-order valence-electron chi connectivity index (χ0n) is 17.4. The summed E-state index contributed by atoms with van der Waals surface area (Å²) in [5.74, 6) is 0.241. The molecule has 1 spiro atoms. The highest BCUT2D eigenvalue weighted by Gasteiger charge is 2.55. The second kappa shape index (κ2) is 7.41. The fourth-order valence-corrected chi connectivity index (χ4v) is 4.55. The molecule has 1 saturated carbocycles. The molecule has 2 aliphatic heterocycles. The number of aryl methyl sites for hydroxylation is 1. The maximum Gasteiger partial charge on any atom is 0.325 e. The molecule has 2 fully saturated rings. The van der Waals surface area contributed by atoms with Gasteiger partial charge in [0.15, 0.2) is 5.54 Å². The Morgan fingerprint density at radius 2 is 1.94 bits per heavy atom. The van der Waals surface area contributed by atoms with Gasteiger partial charge in [-0.15, -0.1) is 0 Å². The monoisotopic (exact) mass is 419 g/mol. The van der Waals surface area contributed by atoms with Gasteiger partial charge < -0.3 is 15.4 Å². The number of nitrogens with one attached hydrogen (secondary N) is 2. The van der Waals surface area contributed by atoms with Crippen molar-refractivity contribution < 1.29 is 19.1 Å². The van der Waals surface area contributed by atoms with E-state index in [4.69, 9.17) is 4.74 Å². The van der Waals surface area contributed by atoms with Crippen LogP contribution in [0.5, 0.6) is 5.75 Å². The van der Waals surface area contributed by atoms with E-state index >= 15 is 0 Å². The van der Waals surface area contributed by atoms with Gasteiger partial charge in [-0.2, -0.15) is 0 Å². The first kappa shape index (κ1) is 19.6. The Labute approximate surface area is 180 Å². The molecule has 2 atom stereocenters. The summed E-state index contributed by atoms with van der Waals surface area (Å²) in [5, 5.41) is 5.89. The van der Waals surface area contributed by atoms with Crippen molar-refractivity contribution in [3.63, 3.8) is 0 Å². The molecule has 2 aromatic rings. The van der Waals surface area contributed by atoms with E-state index in [1.165, 1.54) is 0 Å². The van der Waals surface area contributed by atoms with Gasteiger partial charge in [-0.3, -0.25) is 14.5 Å². The van der Waals surface area contributed by atoms with Crippen LogP contribution in [0.3, 0.4) is 0 Å². The largest absolute Gasteiger partial charge is 0.493 e. The van der Waals surface area contributed by atoms with Crippen molar-refractivity contribution in [3.8, 4) is 5.75 Å². The van der Waals surface area contributed by atoms with Gasteiger partial charge in [-0.05, 0) is 37.3 Å². The minimum atomic E-state index is -1.17. The zero-order valence-corrected chi connectivity index (χ0v) is 17.4. The summed E-state index contributed by atoms with van der Waals surface area (Å²) < 4.78 is 5.65. The van der Waals surface area contributed by atoms with Gasteiger partial charge in [0, 0.05) is 12.0 Å². The third-order valence-corrected chi connectivity index (χ3v) is 6.41. The van der Waals surface area contributed by atoms with E-state index in [0.29, 0.717) is 30.3 Å². The molecule has 4 amide bonds. The van der Waals surface area contributed by atoms with E-state index in [1.807, 2.05) is 43.3 Å². The lowest BCUT2D eigenvalue weighted by molar-refractivity contribution is -0.136. The predicted octanol–water partition coefficient (Wildman–Crippen LogP) is 2.79. The second-order valence-electron chi connectivity index (χ2n) is 8.61. The molecule has 0 aromatic heterocycles. The SMILES string of the molecule is Cc1ccc(C(NC(=O)CN2C(=O)NC3(CCOc4ccccc43)C2=O)C2CC2)cc1. The third kappa shape index (κ3) is 3.44. The molecule has 31 heavy (non-hydrogen) atoms. The highest BCUT2D eigenvalue weighted by Crippen LogP contribution is 2.42. The Kier molecular flexibility index (Phi) is 4.68. The Bertz CT molecular complexity index is 1050. The number of rotatable bonds is 5. The van der Waals surface area contributed by atoms with E-state index in [9.17, 15) is 14.4 Å². The third-order valence-electron chi connectivity index (χ3n) is 6.41. The van der Waals surface area contributed by atoms with Crippen molar-refractivity contribution in [3.05, 3.63) is 65.2 Å². The molecular weight excluding hydrogens is 394 g/mol. The molecule has 7 nitrogen and oxygen atoms in total. The molecule has 1 saturated heterocycles. The van der Waals surface area contributed by atoms with Gasteiger partial charge in [-0.1, -0.05) is 48.0 Å². The summed E-state index contributed by atoms with van der Waals surface area (Å²) in [6.07, 6.45) is 2.45. The normalized spacial score (nSPS) is 23.2. The summed E-state index contributed by atoms with van der Waals surface area (Å²) in [5.41, 5.74) is 1.68. The fourth-order valence-electron chi connectivity index (χ4n) is 4.55. The average molecular weight is 419 g/mol. The lowest BCUT2D eigenvalue weighted by atomic mass is 9.84. The van der Waals surface area contributed by atoms with Gasteiger partial charge in [0.25, 0.3) is 5.91 Å². The average Bonchev–Trinajstić information content (AvgIpc) is 3.58. The molecule has 2 heterocycles. The number of hydrogen-bond acceptors (Lipinski definition) is 4. The standard InChI is InChI=1S/C24H25N3O4/c1-15-6-8-16(9-7-15)21(17-10-11-17)25-20(28)14-27-22(29)24(26-23(27)30)12-13-31-19-5-3-2-4-18(19)24/h2-9,17,21H,10-14H2,1H3,(H,25,28)(H,26,30). The van der Waals surface area contributed by atoms with E-state index in [2.05, 4.69) is 10.6 Å². The molecule has 7 heteroatoms. The van der Waals surface area contributed by atoms with Crippen LogP contribution >= 0.6 is 0 Å². The molecular formula is C24H25N3O4. The van der Waals surface area contributed by atoms with Gasteiger partial charge in [-0.25, -0.2) is 4.79 Å². The van der Waals surface area contributed by atoms with Crippen molar-refractivity contribution in [2.45, 2.75) is 37.8 Å². The number of fused-ring (bicyclic) bond motifs is 2. The number of benzene rings is 2. The van der Waals surface area contributed by atoms with E-state index in [-0.39, 0.29) is 18.5 Å². The summed E-state index contributed by atoms with van der Waals surface area (Å²) in [7, 11) is 0. The second-order valence-corrected chi connectivity index (χ2v) is 8.61. The van der Waals surface area contributed by atoms with Crippen LogP contribution in [-0.4, -0.2) is 35.9 Å². The number of ether oxygens (including phenoxy) is 1. The molecule has 0 radical (unpaired) electrons. The Morgan fingerprint density at radius 1 is 1.19 bits per heavy atom. The van der Waals surface area contributed by atoms with Crippen molar-refractivity contribution in [1.29, 1.82) is 0 Å². The zero-order chi connectivity index (χ0) is 21.6. The summed E-state index contributed by atoms with van der Waals surface area (Å²) in [6, 6.07) is 14.7. The number of nitrogens with zero attached hydrogens (tertiary/aromatic N) is 1. The first-order chi connectivity index (χ1) is 15.0. The van der Waals surface area contributed by atoms with Crippen LogP contribution in [0, 0.1) is 12.8 Å². The molecule has 2 unspecified atom stereocenters. The molecule has 2 aromatic carbocycles. The lowest BCUT2D eigenvalue weighted by Gasteiger charge is -2.33. The van der Waals surface area contributed by atoms with E-state index in [0.717, 1.165) is 28.9 Å². The Morgan fingerprint density at radius 3 is 2.68 bits per heavy atom. The summed E-state index contributed by atoms with van der Waals surface area (Å²) >= 11 is 0. The molecule has 1 aliphatic carbocycles. The number of amides is 4. The molecule has 2 N–H and O–H groups in total. The van der Waals surface area contributed by atoms with Crippen molar-refractivity contribution in [2.75, 3.05) is 13.2 Å². The number of imide groups is 1. The first-order valence-electron chi connectivity index (χ1n) is 10.7. The number of urea groups is 1. The van der Waals surface area contributed by atoms with Gasteiger partial charge >= 0.3 is 6.03 Å². The minimum absolute atomic E-state index is 0.105. The Hall–Kier alpha value is -3.35. The smallest absolute Gasteiger partial charge is 0.325 e. The predicted molar refractivity (Wildman–Crippen MR) is 113 cm³/mol. The minimum Gasteiger partial charge on any atom is -0.493 e. The molecule has 160 valence electrons. The topological polar surface area (TPSA) is 87.7 Å². The van der Waals surface area contributed by atoms with Crippen LogP contribution in [0.2, 0.25) is 0 Å². The van der Waals surface area contributed by atoms with Gasteiger partial charge in [0.2, 0.25) is 5.91 Å². The highest BCUT2D eigenvalue weighted by molar-refractivity contribution is 6.09. The van der Waals surface area contributed by atoms with Crippen LogP contribution in [0.25, 0.3) is 0 Å². The summed E-state index contributed by atoms with van der Waals surface area (Å²) in [6.45, 7) is 2.04. The van der Waals surface area contributed by atoms with Crippen molar-refractivity contribution >= 4 is 17.8 Å². The number of carbonyl (C=O) groups is 3. The van der Waals surface area contributed by atoms with Crippen LogP contribution < -0.4 is 15.4 Å². The maximum atomic E-state index is 13.3. The lowest BCUT2D eigenvalue weighted by Crippen LogP contribution is -2.48. The van der Waals surface area contributed by atoms with Crippen LogP contribution in [0.15, 0.2) is 48.5 Å². The van der Waals surface area contributed by atoms with Gasteiger partial charge in [0.1, 0.15) is 12.3 Å². The summed E-state index contributed by atoms with van der Waals surface area (Å²) in [4.78, 5) is 40.0. The molecule has 3 aliphatic rings. The van der Waals surface area contributed by atoms with Crippen LogP contribution in [-0.2, 0) is 15.1 Å². The van der Waals surface area contributed by atoms with E-state index < -0.39 is 17.5 Å². The molecule has 0 bridgehead atoms. The fraction of sp³-hybridized carbons (Fsp3) is 0.375. The van der Waals surface area contributed by atoms with Crippen molar-refractivity contribution in [2.24, 2.45) is 5.92 Å². The van der Waals surface area contributed by atoms with Crippen molar-refractivity contribution in [1.82, 2.24) is 15.5 Å². The van der Waals surface area contributed by atoms with Gasteiger partial charge in [0.05, 0.1) is 12.6 Å². The quantitative estimate of drug-likeness (QED) is 0.730. The molecule has 5 rings (SSSR count). The maximum absolute atomic E-state index is 13.3. The first-order valence-corrected chi connectivity index (χ1v) is 10.7. The number of hydrogen-bond donors (Lipinski definition) is 2. The van der Waals surface area contributed by atoms with E-state index in [1.54, 1.807) is 12.1 Å².